The topological polar surface area (TPSA) is 106 Å². The number of carbonyl (C=O) groups excluding carboxylic acids is 1. The molecule has 0 bridgehead atoms. The maximum Gasteiger partial charge on any atom is 0.280 e. The van der Waals surface area contributed by atoms with Crippen molar-refractivity contribution in [2.75, 3.05) is 0 Å². The standard InChI is InChI=1S/C22H23F2N5O2S/c1-21(2,31)10-8-16-17(13-12-26-29-11-4-3-7-15(13)29)27-20(32-16)19(30)28-18-14(25)6-5-9-22(18,23)24/h3-4,7,11-12,14,18,31H,5-6,9,25H2,1-2H3,(H,28,30). The third-order valence-electron chi connectivity index (χ3n) is 5.20. The summed E-state index contributed by atoms with van der Waals surface area (Å²) < 4.78 is 30.4. The first-order chi connectivity index (χ1) is 15.0. The van der Waals surface area contributed by atoms with E-state index in [0.717, 1.165) is 16.9 Å². The number of nitrogens with one attached hydrogen (secondary N) is 1. The molecule has 32 heavy (non-hydrogen) atoms. The summed E-state index contributed by atoms with van der Waals surface area (Å²) in [7, 11) is 0. The van der Waals surface area contributed by atoms with Crippen molar-refractivity contribution in [2.45, 2.75) is 56.7 Å². The van der Waals surface area contributed by atoms with Crippen LogP contribution in [0.3, 0.4) is 0 Å². The number of alkyl halides is 2. The van der Waals surface area contributed by atoms with Crippen LogP contribution in [-0.2, 0) is 0 Å². The number of carbonyl (C=O) groups is 1. The number of pyridine rings is 1. The van der Waals surface area contributed by atoms with Crippen molar-refractivity contribution in [1.82, 2.24) is 19.9 Å². The first-order valence-corrected chi connectivity index (χ1v) is 11.0. The molecule has 3 aromatic rings. The summed E-state index contributed by atoms with van der Waals surface area (Å²) in [6, 6.07) is 3.22. The van der Waals surface area contributed by atoms with Gasteiger partial charge in [0, 0.05) is 24.2 Å². The zero-order valence-corrected chi connectivity index (χ0v) is 18.4. The van der Waals surface area contributed by atoms with Gasteiger partial charge in [0.15, 0.2) is 5.01 Å². The summed E-state index contributed by atoms with van der Waals surface area (Å²) in [6.45, 7) is 3.08. The van der Waals surface area contributed by atoms with Gasteiger partial charge in [-0.05, 0) is 38.8 Å². The van der Waals surface area contributed by atoms with E-state index in [4.69, 9.17) is 5.73 Å². The normalized spacial score (nSPS) is 20.6. The van der Waals surface area contributed by atoms with Gasteiger partial charge in [0.05, 0.1) is 11.7 Å². The second-order valence-electron chi connectivity index (χ2n) is 8.36. The second kappa shape index (κ2) is 8.24. The summed E-state index contributed by atoms with van der Waals surface area (Å²) in [6.07, 6.45) is 3.78. The maximum atomic E-state index is 14.4. The Morgan fingerprint density at radius 2 is 2.22 bits per heavy atom. The van der Waals surface area contributed by atoms with E-state index in [1.165, 1.54) is 13.8 Å². The van der Waals surface area contributed by atoms with Crippen LogP contribution in [0.4, 0.5) is 8.78 Å². The molecule has 0 aliphatic heterocycles. The van der Waals surface area contributed by atoms with Crippen LogP contribution in [0.25, 0.3) is 16.8 Å². The van der Waals surface area contributed by atoms with Gasteiger partial charge >= 0.3 is 0 Å². The summed E-state index contributed by atoms with van der Waals surface area (Å²) in [4.78, 5) is 17.7. The Bertz CT molecular complexity index is 1220. The molecule has 2 unspecified atom stereocenters. The molecule has 4 N–H and O–H groups in total. The van der Waals surface area contributed by atoms with Crippen LogP contribution < -0.4 is 11.1 Å². The van der Waals surface area contributed by atoms with Gasteiger partial charge in [0.2, 0.25) is 0 Å². The number of nitrogens with two attached hydrogens (primary N) is 1. The SMILES string of the molecule is CC(C)(O)C#Cc1sc(C(=O)NC2C(N)CCCC2(F)F)nc1-c1cnn2ccccc12. The van der Waals surface area contributed by atoms with Gasteiger partial charge in [-0.15, -0.1) is 0 Å². The molecule has 0 saturated heterocycles. The Kier molecular flexibility index (Phi) is 5.75. The van der Waals surface area contributed by atoms with Crippen molar-refractivity contribution in [2.24, 2.45) is 5.73 Å². The summed E-state index contributed by atoms with van der Waals surface area (Å²) in [5.41, 5.74) is 6.40. The fraction of sp³-hybridized carbons (Fsp3) is 0.409. The molecule has 7 nitrogen and oxygen atoms in total. The van der Waals surface area contributed by atoms with Crippen LogP contribution in [0.15, 0.2) is 30.6 Å². The van der Waals surface area contributed by atoms with Crippen LogP contribution >= 0.6 is 11.3 Å². The lowest BCUT2D eigenvalue weighted by Crippen LogP contribution is -2.59. The second-order valence-corrected chi connectivity index (χ2v) is 9.36. The van der Waals surface area contributed by atoms with Crippen molar-refractivity contribution in [1.29, 1.82) is 0 Å². The van der Waals surface area contributed by atoms with Crippen molar-refractivity contribution in [3.8, 4) is 23.1 Å². The smallest absolute Gasteiger partial charge is 0.280 e. The number of hydrogen-bond donors (Lipinski definition) is 3. The summed E-state index contributed by atoms with van der Waals surface area (Å²) in [5.74, 6) is 1.78. The fourth-order valence-electron chi connectivity index (χ4n) is 3.64. The Morgan fingerprint density at radius 3 is 2.94 bits per heavy atom. The molecular formula is C22H23F2N5O2S. The number of aromatic nitrogens is 3. The minimum absolute atomic E-state index is 0.0103. The molecule has 3 heterocycles. The number of amides is 1. The third-order valence-corrected chi connectivity index (χ3v) is 6.17. The number of rotatable bonds is 3. The quantitative estimate of drug-likeness (QED) is 0.523. The lowest BCUT2D eigenvalue weighted by molar-refractivity contribution is -0.0674. The Labute approximate surface area is 187 Å². The molecular weight excluding hydrogens is 436 g/mol. The molecule has 168 valence electrons. The van der Waals surface area contributed by atoms with E-state index in [-0.39, 0.29) is 11.4 Å². The Balaban J connectivity index is 1.73. The maximum absolute atomic E-state index is 14.4. The van der Waals surface area contributed by atoms with Crippen LogP contribution in [0.1, 0.15) is 47.8 Å². The lowest BCUT2D eigenvalue weighted by Gasteiger charge is -2.36. The minimum Gasteiger partial charge on any atom is -0.378 e. The van der Waals surface area contributed by atoms with Gasteiger partial charge in [-0.1, -0.05) is 29.2 Å². The zero-order chi connectivity index (χ0) is 23.1. The van der Waals surface area contributed by atoms with E-state index >= 15 is 0 Å². The van der Waals surface area contributed by atoms with E-state index in [2.05, 4.69) is 27.2 Å². The molecule has 0 aromatic carbocycles. The number of thiazole rings is 1. The fourth-order valence-corrected chi connectivity index (χ4v) is 4.47. The minimum atomic E-state index is -3.08. The first-order valence-electron chi connectivity index (χ1n) is 10.2. The Morgan fingerprint density at radius 1 is 1.44 bits per heavy atom. The highest BCUT2D eigenvalue weighted by molar-refractivity contribution is 7.14. The Hall–Kier alpha value is -2.87. The van der Waals surface area contributed by atoms with E-state index in [1.807, 2.05) is 18.2 Å². The van der Waals surface area contributed by atoms with Crippen molar-refractivity contribution < 1.29 is 18.7 Å². The molecule has 1 amide bonds. The van der Waals surface area contributed by atoms with Gasteiger partial charge in [-0.3, -0.25) is 4.79 Å². The molecule has 1 aliphatic rings. The number of fused-ring (bicyclic) bond motifs is 1. The average Bonchev–Trinajstić information content (AvgIpc) is 3.32. The molecule has 0 spiro atoms. The number of hydrogen-bond acceptors (Lipinski definition) is 6. The van der Waals surface area contributed by atoms with E-state index in [9.17, 15) is 18.7 Å². The monoisotopic (exact) mass is 459 g/mol. The van der Waals surface area contributed by atoms with Gasteiger partial charge < -0.3 is 16.2 Å². The van der Waals surface area contributed by atoms with Crippen molar-refractivity contribution >= 4 is 22.8 Å². The number of aliphatic hydroxyl groups is 1. The van der Waals surface area contributed by atoms with E-state index in [0.29, 0.717) is 29.0 Å². The zero-order valence-electron chi connectivity index (χ0n) is 17.6. The third kappa shape index (κ3) is 4.50. The predicted molar refractivity (Wildman–Crippen MR) is 118 cm³/mol. The van der Waals surface area contributed by atoms with Gasteiger partial charge in [-0.2, -0.15) is 5.10 Å². The van der Waals surface area contributed by atoms with Crippen LogP contribution in [0.2, 0.25) is 0 Å². The van der Waals surface area contributed by atoms with Gasteiger partial charge in [0.1, 0.15) is 22.2 Å². The predicted octanol–water partition coefficient (Wildman–Crippen LogP) is 2.83. The largest absolute Gasteiger partial charge is 0.378 e. The molecule has 1 saturated carbocycles. The first kappa shape index (κ1) is 22.3. The molecule has 0 radical (unpaired) electrons. The van der Waals surface area contributed by atoms with Gasteiger partial charge in [-0.25, -0.2) is 18.3 Å². The average molecular weight is 460 g/mol. The number of halogens is 2. The summed E-state index contributed by atoms with van der Waals surface area (Å²) >= 11 is 0.974. The number of nitrogens with zero attached hydrogens (tertiary/aromatic N) is 3. The van der Waals surface area contributed by atoms with Gasteiger partial charge in [0.25, 0.3) is 11.8 Å². The molecule has 10 heteroatoms. The highest BCUT2D eigenvalue weighted by Gasteiger charge is 2.46. The molecule has 1 fully saturated rings. The van der Waals surface area contributed by atoms with E-state index < -0.39 is 29.5 Å². The molecule has 2 atom stereocenters. The van der Waals surface area contributed by atoms with Crippen LogP contribution in [0, 0.1) is 11.8 Å². The van der Waals surface area contributed by atoms with Crippen molar-refractivity contribution in [3.05, 3.63) is 40.5 Å². The summed E-state index contributed by atoms with van der Waals surface area (Å²) in [5, 5.41) is 16.7. The van der Waals surface area contributed by atoms with E-state index in [1.54, 1.807) is 16.9 Å². The van der Waals surface area contributed by atoms with Crippen LogP contribution in [0.5, 0.6) is 0 Å². The van der Waals surface area contributed by atoms with Crippen molar-refractivity contribution in [3.63, 3.8) is 0 Å². The molecule has 3 aromatic heterocycles. The van der Waals surface area contributed by atoms with Crippen LogP contribution in [-0.4, -0.2) is 49.2 Å². The highest BCUT2D eigenvalue weighted by Crippen LogP contribution is 2.34. The molecule has 1 aliphatic carbocycles. The lowest BCUT2D eigenvalue weighted by atomic mass is 9.87. The molecule has 4 rings (SSSR count). The highest BCUT2D eigenvalue weighted by atomic mass is 32.1.